The average Bonchev–Trinajstić information content (AvgIpc) is 2.56. The third kappa shape index (κ3) is 4.48. The molecule has 0 spiro atoms. The molecule has 0 amide bonds. The molecule has 2 aliphatic rings. The van der Waals surface area contributed by atoms with Crippen LogP contribution in [0.5, 0.6) is 0 Å². The lowest BCUT2D eigenvalue weighted by Gasteiger charge is -2.42. The van der Waals surface area contributed by atoms with Gasteiger partial charge in [0.05, 0.1) is 6.10 Å². The van der Waals surface area contributed by atoms with Crippen LogP contribution in [0.2, 0.25) is 5.02 Å². The van der Waals surface area contributed by atoms with Gasteiger partial charge in [-0.25, -0.2) is 0 Å². The van der Waals surface area contributed by atoms with Crippen molar-refractivity contribution in [3.05, 3.63) is 34.9 Å². The van der Waals surface area contributed by atoms with Gasteiger partial charge in [0.25, 0.3) is 0 Å². The van der Waals surface area contributed by atoms with E-state index in [4.69, 9.17) is 11.6 Å². The van der Waals surface area contributed by atoms with E-state index >= 15 is 0 Å². The van der Waals surface area contributed by atoms with Crippen LogP contribution in [0.4, 0.5) is 0 Å². The fourth-order valence-electron chi connectivity index (χ4n) is 4.14. The van der Waals surface area contributed by atoms with E-state index in [1.54, 1.807) is 0 Å². The molecule has 0 radical (unpaired) electrons. The number of benzene rings is 1. The Morgan fingerprint density at radius 3 is 2.61 bits per heavy atom. The quantitative estimate of drug-likeness (QED) is 0.878. The standard InChI is InChI=1S/C19H29ClN2O/c1-14(15-5-4-6-16(20)13-15)21-17-9-11-22(12-10-17)18-7-2-3-8-19(18)23/h4-6,13-14,17-19,21,23H,2-3,7-12H2,1H3. The molecule has 4 heteroatoms. The van der Waals surface area contributed by atoms with E-state index in [1.165, 1.54) is 18.4 Å². The molecule has 1 aliphatic heterocycles. The Hall–Kier alpha value is -0.610. The predicted molar refractivity (Wildman–Crippen MR) is 95.9 cm³/mol. The fraction of sp³-hybridized carbons (Fsp3) is 0.684. The first kappa shape index (κ1) is 17.2. The summed E-state index contributed by atoms with van der Waals surface area (Å²) >= 11 is 6.09. The Balaban J connectivity index is 1.49. The van der Waals surface area contributed by atoms with Crippen molar-refractivity contribution in [1.29, 1.82) is 0 Å². The molecule has 1 aromatic carbocycles. The molecule has 2 fully saturated rings. The van der Waals surface area contributed by atoms with Crippen LogP contribution in [0.1, 0.15) is 57.1 Å². The monoisotopic (exact) mass is 336 g/mol. The summed E-state index contributed by atoms with van der Waals surface area (Å²) in [4.78, 5) is 2.52. The van der Waals surface area contributed by atoms with Crippen molar-refractivity contribution in [2.75, 3.05) is 13.1 Å². The largest absolute Gasteiger partial charge is 0.391 e. The van der Waals surface area contributed by atoms with E-state index in [1.807, 2.05) is 18.2 Å². The zero-order valence-electron chi connectivity index (χ0n) is 14.0. The van der Waals surface area contributed by atoms with Crippen molar-refractivity contribution in [2.24, 2.45) is 0 Å². The number of hydrogen-bond donors (Lipinski definition) is 2. The molecule has 1 saturated heterocycles. The van der Waals surface area contributed by atoms with Gasteiger partial charge in [-0.3, -0.25) is 4.90 Å². The van der Waals surface area contributed by atoms with Crippen molar-refractivity contribution in [3.8, 4) is 0 Å². The Labute approximate surface area is 145 Å². The maximum atomic E-state index is 10.2. The lowest BCUT2D eigenvalue weighted by Crippen LogP contribution is -2.51. The zero-order chi connectivity index (χ0) is 16.2. The van der Waals surface area contributed by atoms with Crippen LogP contribution in [0.15, 0.2) is 24.3 Å². The maximum Gasteiger partial charge on any atom is 0.0695 e. The lowest BCUT2D eigenvalue weighted by atomic mass is 9.89. The van der Waals surface area contributed by atoms with Crippen molar-refractivity contribution in [2.45, 2.75) is 69.7 Å². The highest BCUT2D eigenvalue weighted by molar-refractivity contribution is 6.30. The molecule has 2 N–H and O–H groups in total. The van der Waals surface area contributed by atoms with Gasteiger partial charge in [0, 0.05) is 36.2 Å². The van der Waals surface area contributed by atoms with Crippen LogP contribution in [-0.4, -0.2) is 41.3 Å². The average molecular weight is 337 g/mol. The molecule has 128 valence electrons. The number of aliphatic hydroxyl groups excluding tert-OH is 1. The minimum atomic E-state index is -0.112. The molecule has 3 rings (SSSR count). The van der Waals surface area contributed by atoms with Crippen LogP contribution < -0.4 is 5.32 Å². The number of likely N-dealkylation sites (tertiary alicyclic amines) is 1. The summed E-state index contributed by atoms with van der Waals surface area (Å²) in [7, 11) is 0. The van der Waals surface area contributed by atoms with E-state index in [0.717, 1.165) is 43.8 Å². The molecule has 23 heavy (non-hydrogen) atoms. The summed E-state index contributed by atoms with van der Waals surface area (Å²) in [6, 6.07) is 9.40. The molecule has 3 nitrogen and oxygen atoms in total. The normalized spacial score (nSPS) is 28.7. The fourth-order valence-corrected chi connectivity index (χ4v) is 4.34. The summed E-state index contributed by atoms with van der Waals surface area (Å²) < 4.78 is 0. The smallest absolute Gasteiger partial charge is 0.0695 e. The third-order valence-electron chi connectivity index (χ3n) is 5.53. The first-order valence-corrected chi connectivity index (χ1v) is 9.45. The topological polar surface area (TPSA) is 35.5 Å². The Morgan fingerprint density at radius 2 is 1.91 bits per heavy atom. The van der Waals surface area contributed by atoms with Gasteiger partial charge in [-0.2, -0.15) is 0 Å². The van der Waals surface area contributed by atoms with E-state index in [9.17, 15) is 5.11 Å². The van der Waals surface area contributed by atoms with Crippen LogP contribution in [-0.2, 0) is 0 Å². The summed E-state index contributed by atoms with van der Waals surface area (Å²) in [5.41, 5.74) is 1.25. The van der Waals surface area contributed by atoms with Gasteiger partial charge < -0.3 is 10.4 Å². The summed E-state index contributed by atoms with van der Waals surface area (Å²) in [5, 5.41) is 14.8. The van der Waals surface area contributed by atoms with Crippen molar-refractivity contribution in [1.82, 2.24) is 10.2 Å². The number of halogens is 1. The van der Waals surface area contributed by atoms with Gasteiger partial charge in [-0.1, -0.05) is 36.6 Å². The minimum Gasteiger partial charge on any atom is -0.391 e. The first-order valence-electron chi connectivity index (χ1n) is 9.07. The minimum absolute atomic E-state index is 0.112. The van der Waals surface area contributed by atoms with Gasteiger partial charge in [0.15, 0.2) is 0 Å². The number of aliphatic hydroxyl groups is 1. The summed E-state index contributed by atoms with van der Waals surface area (Å²) in [6.45, 7) is 4.41. The number of nitrogens with zero attached hydrogens (tertiary/aromatic N) is 1. The van der Waals surface area contributed by atoms with Gasteiger partial charge in [0.1, 0.15) is 0 Å². The summed E-state index contributed by atoms with van der Waals surface area (Å²) in [5.74, 6) is 0. The second kappa shape index (κ2) is 7.98. The SMILES string of the molecule is CC(NC1CCN(C2CCCCC2O)CC1)c1cccc(Cl)c1. The van der Waals surface area contributed by atoms with Crippen LogP contribution in [0.3, 0.4) is 0 Å². The Bertz CT molecular complexity index is 502. The van der Waals surface area contributed by atoms with Crippen molar-refractivity contribution in [3.63, 3.8) is 0 Å². The Kier molecular flexibility index (Phi) is 5.97. The highest BCUT2D eigenvalue weighted by Gasteiger charge is 2.31. The second-order valence-corrected chi connectivity index (χ2v) is 7.61. The molecule has 1 saturated carbocycles. The number of nitrogens with one attached hydrogen (secondary N) is 1. The molecule has 1 heterocycles. The molecular weight excluding hydrogens is 308 g/mol. The van der Waals surface area contributed by atoms with Gasteiger partial charge in [-0.15, -0.1) is 0 Å². The molecular formula is C19H29ClN2O. The van der Waals surface area contributed by atoms with Gasteiger partial charge >= 0.3 is 0 Å². The third-order valence-corrected chi connectivity index (χ3v) is 5.76. The van der Waals surface area contributed by atoms with E-state index < -0.39 is 0 Å². The molecule has 3 unspecified atom stereocenters. The molecule has 3 atom stereocenters. The van der Waals surface area contributed by atoms with Crippen molar-refractivity contribution < 1.29 is 5.11 Å². The number of rotatable bonds is 4. The number of hydrogen-bond acceptors (Lipinski definition) is 3. The van der Waals surface area contributed by atoms with Crippen LogP contribution in [0, 0.1) is 0 Å². The van der Waals surface area contributed by atoms with Crippen molar-refractivity contribution >= 4 is 11.6 Å². The number of piperidine rings is 1. The summed E-state index contributed by atoms with van der Waals surface area (Å²) in [6.07, 6.45) is 6.81. The van der Waals surface area contributed by atoms with Crippen LogP contribution in [0.25, 0.3) is 0 Å². The van der Waals surface area contributed by atoms with E-state index in [2.05, 4.69) is 23.2 Å². The molecule has 1 aromatic rings. The highest BCUT2D eigenvalue weighted by Crippen LogP contribution is 2.27. The van der Waals surface area contributed by atoms with Crippen LogP contribution >= 0.6 is 11.6 Å². The van der Waals surface area contributed by atoms with E-state index in [-0.39, 0.29) is 6.10 Å². The maximum absolute atomic E-state index is 10.2. The highest BCUT2D eigenvalue weighted by atomic mass is 35.5. The molecule has 1 aliphatic carbocycles. The zero-order valence-corrected chi connectivity index (χ0v) is 14.8. The van der Waals surface area contributed by atoms with E-state index in [0.29, 0.717) is 18.1 Å². The molecule has 0 aromatic heterocycles. The lowest BCUT2D eigenvalue weighted by molar-refractivity contribution is 0.00671. The van der Waals surface area contributed by atoms with Gasteiger partial charge in [-0.05, 0) is 50.3 Å². The second-order valence-electron chi connectivity index (χ2n) is 7.17. The first-order chi connectivity index (χ1) is 11.1. The molecule has 0 bridgehead atoms. The Morgan fingerprint density at radius 1 is 1.17 bits per heavy atom. The predicted octanol–water partition coefficient (Wildman–Crippen LogP) is 3.76. The van der Waals surface area contributed by atoms with Gasteiger partial charge in [0.2, 0.25) is 0 Å².